The largest absolute Gasteiger partial charge is 0.481 e. The van der Waals surface area contributed by atoms with Crippen LogP contribution in [0.15, 0.2) is 16.6 Å². The van der Waals surface area contributed by atoms with Crippen molar-refractivity contribution in [2.45, 2.75) is 19.8 Å². The maximum Gasteiger partial charge on any atom is 0.319 e. The van der Waals surface area contributed by atoms with E-state index in [1.165, 1.54) is 6.07 Å². The lowest BCUT2D eigenvalue weighted by Gasteiger charge is -2.10. The molecule has 0 aliphatic heterocycles. The number of halogens is 2. The van der Waals surface area contributed by atoms with Gasteiger partial charge in [-0.1, -0.05) is 15.9 Å². The minimum atomic E-state index is -0.920. The average molecular weight is 333 g/mol. The maximum absolute atomic E-state index is 13.8. The molecule has 0 fully saturated rings. The predicted molar refractivity (Wildman–Crippen MR) is 72.7 cm³/mol. The van der Waals surface area contributed by atoms with E-state index >= 15 is 0 Å². The van der Waals surface area contributed by atoms with Crippen molar-refractivity contribution in [2.24, 2.45) is 0 Å². The lowest BCUT2D eigenvalue weighted by atomic mass is 10.2. The van der Waals surface area contributed by atoms with Crippen LogP contribution in [0.3, 0.4) is 0 Å². The smallest absolute Gasteiger partial charge is 0.319 e. The summed E-state index contributed by atoms with van der Waals surface area (Å²) < 4.78 is 14.4. The standard InChI is InChI=1S/C12H14BrFN2O3/c1-7-8(13)4-5-9(11(7)14)16-12(19)15-6-2-3-10(17)18/h4-5H,2-3,6H2,1H3,(H,17,18)(H2,15,16,19). The van der Waals surface area contributed by atoms with Crippen LogP contribution < -0.4 is 10.6 Å². The van der Waals surface area contributed by atoms with E-state index in [2.05, 4.69) is 26.6 Å². The number of carbonyl (C=O) groups is 2. The topological polar surface area (TPSA) is 78.4 Å². The van der Waals surface area contributed by atoms with Gasteiger partial charge in [0.2, 0.25) is 0 Å². The molecule has 0 aromatic heterocycles. The molecule has 1 rings (SSSR count). The Morgan fingerprint density at radius 2 is 2.11 bits per heavy atom. The number of anilines is 1. The molecule has 0 unspecified atom stereocenters. The molecule has 1 aromatic rings. The average Bonchev–Trinajstić information content (AvgIpc) is 2.35. The van der Waals surface area contributed by atoms with Crippen LogP contribution in [0.5, 0.6) is 0 Å². The van der Waals surface area contributed by atoms with Gasteiger partial charge >= 0.3 is 12.0 Å². The molecule has 2 amide bonds. The first-order valence-electron chi connectivity index (χ1n) is 5.63. The number of amides is 2. The molecule has 19 heavy (non-hydrogen) atoms. The number of aliphatic carboxylic acids is 1. The van der Waals surface area contributed by atoms with E-state index in [1.54, 1.807) is 13.0 Å². The highest BCUT2D eigenvalue weighted by Gasteiger charge is 2.10. The second-order valence-corrected chi connectivity index (χ2v) is 4.77. The van der Waals surface area contributed by atoms with Crippen molar-refractivity contribution in [3.63, 3.8) is 0 Å². The Bertz CT molecular complexity index is 494. The number of benzene rings is 1. The van der Waals surface area contributed by atoms with E-state index in [0.29, 0.717) is 16.5 Å². The molecule has 0 aliphatic rings. The molecular formula is C12H14BrFN2O3. The normalized spacial score (nSPS) is 10.1. The molecule has 1 aromatic carbocycles. The van der Waals surface area contributed by atoms with Crippen molar-refractivity contribution in [3.8, 4) is 0 Å². The lowest BCUT2D eigenvalue weighted by molar-refractivity contribution is -0.137. The van der Waals surface area contributed by atoms with Crippen molar-refractivity contribution >= 4 is 33.6 Å². The fourth-order valence-electron chi connectivity index (χ4n) is 1.37. The number of carboxylic acid groups (broad SMARTS) is 1. The summed E-state index contributed by atoms with van der Waals surface area (Å²) in [6.07, 6.45) is 0.302. The third-order valence-corrected chi connectivity index (χ3v) is 3.28. The highest BCUT2D eigenvalue weighted by atomic mass is 79.9. The van der Waals surface area contributed by atoms with Gasteiger partial charge in [0.05, 0.1) is 5.69 Å². The summed E-state index contributed by atoms with van der Waals surface area (Å²) in [6, 6.07) is 2.52. The van der Waals surface area contributed by atoms with Gasteiger partial charge in [0.25, 0.3) is 0 Å². The van der Waals surface area contributed by atoms with E-state index in [1.807, 2.05) is 0 Å². The van der Waals surface area contributed by atoms with Crippen molar-refractivity contribution in [2.75, 3.05) is 11.9 Å². The highest BCUT2D eigenvalue weighted by molar-refractivity contribution is 9.10. The number of hydrogen-bond donors (Lipinski definition) is 3. The van der Waals surface area contributed by atoms with Gasteiger partial charge in [-0.05, 0) is 25.5 Å². The third kappa shape index (κ3) is 4.86. The Hall–Kier alpha value is -1.63. The molecule has 7 heteroatoms. The highest BCUT2D eigenvalue weighted by Crippen LogP contribution is 2.24. The van der Waals surface area contributed by atoms with Crippen molar-refractivity contribution < 1.29 is 19.1 Å². The molecule has 0 radical (unpaired) electrons. The minimum Gasteiger partial charge on any atom is -0.481 e. The van der Waals surface area contributed by atoms with Crippen LogP contribution in [-0.2, 0) is 4.79 Å². The quantitative estimate of drug-likeness (QED) is 0.725. The van der Waals surface area contributed by atoms with Gasteiger partial charge in [-0.2, -0.15) is 0 Å². The number of nitrogens with one attached hydrogen (secondary N) is 2. The molecule has 0 heterocycles. The third-order valence-electron chi connectivity index (χ3n) is 2.42. The summed E-state index contributed by atoms with van der Waals surface area (Å²) in [5.41, 5.74) is 0.486. The summed E-state index contributed by atoms with van der Waals surface area (Å²) >= 11 is 3.19. The first-order valence-corrected chi connectivity index (χ1v) is 6.42. The fraction of sp³-hybridized carbons (Fsp3) is 0.333. The van der Waals surface area contributed by atoms with Crippen LogP contribution in [0, 0.1) is 12.7 Å². The van der Waals surface area contributed by atoms with E-state index in [0.717, 1.165) is 0 Å². The molecule has 0 saturated carbocycles. The van der Waals surface area contributed by atoms with Crippen molar-refractivity contribution in [3.05, 3.63) is 28.0 Å². The Balaban J connectivity index is 2.49. The lowest BCUT2D eigenvalue weighted by Crippen LogP contribution is -2.30. The Labute approximate surface area is 118 Å². The molecular weight excluding hydrogens is 319 g/mol. The zero-order valence-corrected chi connectivity index (χ0v) is 11.9. The second kappa shape index (κ2) is 7.08. The molecule has 3 N–H and O–H groups in total. The minimum absolute atomic E-state index is 0.0218. The first-order chi connectivity index (χ1) is 8.91. The van der Waals surface area contributed by atoms with Crippen molar-refractivity contribution in [1.29, 1.82) is 0 Å². The monoisotopic (exact) mass is 332 g/mol. The summed E-state index contributed by atoms with van der Waals surface area (Å²) in [6.45, 7) is 1.81. The van der Waals surface area contributed by atoms with Gasteiger partial charge in [-0.25, -0.2) is 9.18 Å². The zero-order valence-electron chi connectivity index (χ0n) is 10.3. The van der Waals surface area contributed by atoms with Gasteiger partial charge in [0.15, 0.2) is 5.82 Å². The van der Waals surface area contributed by atoms with Gasteiger partial charge in [-0.15, -0.1) is 0 Å². The van der Waals surface area contributed by atoms with Crippen LogP contribution in [-0.4, -0.2) is 23.7 Å². The van der Waals surface area contributed by atoms with Crippen LogP contribution in [0.4, 0.5) is 14.9 Å². The van der Waals surface area contributed by atoms with Crippen LogP contribution in [0.1, 0.15) is 18.4 Å². The van der Waals surface area contributed by atoms with Gasteiger partial charge in [-0.3, -0.25) is 4.79 Å². The number of urea groups is 1. The number of hydrogen-bond acceptors (Lipinski definition) is 2. The Morgan fingerprint density at radius 3 is 2.74 bits per heavy atom. The van der Waals surface area contributed by atoms with Gasteiger partial charge in [0.1, 0.15) is 0 Å². The Morgan fingerprint density at radius 1 is 1.42 bits per heavy atom. The molecule has 0 saturated heterocycles. The van der Waals surface area contributed by atoms with Gasteiger partial charge < -0.3 is 15.7 Å². The fourth-order valence-corrected chi connectivity index (χ4v) is 1.67. The van der Waals surface area contributed by atoms with Crippen LogP contribution in [0.25, 0.3) is 0 Å². The number of rotatable bonds is 5. The SMILES string of the molecule is Cc1c(Br)ccc(NC(=O)NCCCC(=O)O)c1F. The summed E-state index contributed by atoms with van der Waals surface area (Å²) in [4.78, 5) is 21.7. The Kier molecular flexibility index (Phi) is 5.75. The van der Waals surface area contributed by atoms with E-state index in [4.69, 9.17) is 5.11 Å². The molecule has 0 aliphatic carbocycles. The van der Waals surface area contributed by atoms with Crippen molar-refractivity contribution in [1.82, 2.24) is 5.32 Å². The maximum atomic E-state index is 13.8. The molecule has 104 valence electrons. The molecule has 0 spiro atoms. The number of carbonyl (C=O) groups excluding carboxylic acids is 1. The second-order valence-electron chi connectivity index (χ2n) is 3.91. The van der Waals surface area contributed by atoms with E-state index < -0.39 is 17.8 Å². The number of carboxylic acids is 1. The molecule has 0 bridgehead atoms. The molecule has 0 atom stereocenters. The van der Waals surface area contributed by atoms with Gasteiger partial charge in [0, 0.05) is 23.0 Å². The van der Waals surface area contributed by atoms with Crippen LogP contribution >= 0.6 is 15.9 Å². The van der Waals surface area contributed by atoms with E-state index in [-0.39, 0.29) is 18.7 Å². The predicted octanol–water partition coefficient (Wildman–Crippen LogP) is 2.88. The summed E-state index contributed by atoms with van der Waals surface area (Å²) in [5, 5.41) is 13.3. The zero-order chi connectivity index (χ0) is 14.4. The first kappa shape index (κ1) is 15.4. The summed E-state index contributed by atoms with van der Waals surface area (Å²) in [7, 11) is 0. The van der Waals surface area contributed by atoms with E-state index in [9.17, 15) is 14.0 Å². The van der Waals surface area contributed by atoms with Crippen LogP contribution in [0.2, 0.25) is 0 Å². The molecule has 5 nitrogen and oxygen atoms in total. The summed E-state index contributed by atoms with van der Waals surface area (Å²) in [5.74, 6) is -1.42.